The van der Waals surface area contributed by atoms with Gasteiger partial charge < -0.3 is 4.74 Å². The van der Waals surface area contributed by atoms with Crippen LogP contribution in [0.25, 0.3) is 0 Å². The summed E-state index contributed by atoms with van der Waals surface area (Å²) in [5.74, 6) is -0.605. The molecule has 0 aliphatic heterocycles. The molecule has 0 radical (unpaired) electrons. The van der Waals surface area contributed by atoms with Gasteiger partial charge in [-0.2, -0.15) is 5.26 Å². The van der Waals surface area contributed by atoms with Crippen molar-refractivity contribution in [2.24, 2.45) is 0 Å². The van der Waals surface area contributed by atoms with Crippen LogP contribution in [0, 0.1) is 11.3 Å². The Balaban J connectivity index is 3.28. The number of hydrogen-bond donors (Lipinski definition) is 0. The van der Waals surface area contributed by atoms with Crippen LogP contribution in [-0.4, -0.2) is 13.1 Å². The van der Waals surface area contributed by atoms with Crippen LogP contribution in [0.2, 0.25) is 0 Å². The maximum Gasteiger partial charge on any atom is 0.349 e. The highest BCUT2D eigenvalue weighted by molar-refractivity contribution is 5.95. The number of carbonyl (C=O) groups is 1. The minimum atomic E-state index is -0.605. The van der Waals surface area contributed by atoms with Gasteiger partial charge in [-0.05, 0) is 12.5 Å². The third kappa shape index (κ3) is 2.44. The molecule has 0 aromatic carbocycles. The number of nitriles is 1. The lowest BCUT2D eigenvalue weighted by Gasteiger charge is -2.04. The molecule has 0 amide bonds. The normalized spacial score (nSPS) is 17.5. The van der Waals surface area contributed by atoms with E-state index in [-0.39, 0.29) is 5.57 Å². The molecule has 0 heterocycles. The van der Waals surface area contributed by atoms with Crippen molar-refractivity contribution in [1.29, 1.82) is 5.26 Å². The highest BCUT2D eigenvalue weighted by atomic mass is 16.5. The van der Waals surface area contributed by atoms with E-state index in [1.54, 1.807) is 12.2 Å². The van der Waals surface area contributed by atoms with Gasteiger partial charge in [-0.1, -0.05) is 30.4 Å². The topological polar surface area (TPSA) is 50.1 Å². The minimum Gasteiger partial charge on any atom is -0.465 e. The van der Waals surface area contributed by atoms with Crippen LogP contribution in [0.4, 0.5) is 0 Å². The molecule has 0 spiro atoms. The first-order valence-corrected chi connectivity index (χ1v) is 4.45. The van der Waals surface area contributed by atoms with Gasteiger partial charge in [0.25, 0.3) is 0 Å². The van der Waals surface area contributed by atoms with Crippen molar-refractivity contribution < 1.29 is 9.53 Å². The van der Waals surface area contributed by atoms with Crippen molar-refractivity contribution in [1.82, 2.24) is 0 Å². The fraction of sp³-hybridized carbons (Fsp3) is 0.167. The van der Waals surface area contributed by atoms with E-state index in [1.165, 1.54) is 7.11 Å². The maximum absolute atomic E-state index is 11.3. The molecule has 0 saturated carbocycles. The van der Waals surface area contributed by atoms with Crippen LogP contribution >= 0.6 is 0 Å². The van der Waals surface area contributed by atoms with Crippen molar-refractivity contribution in [3.8, 4) is 6.07 Å². The van der Waals surface area contributed by atoms with Gasteiger partial charge in [0.1, 0.15) is 11.6 Å². The fourth-order valence-electron chi connectivity index (χ4n) is 1.24. The van der Waals surface area contributed by atoms with E-state index in [4.69, 9.17) is 5.26 Å². The first-order valence-electron chi connectivity index (χ1n) is 4.45. The smallest absolute Gasteiger partial charge is 0.349 e. The molecule has 0 fully saturated rings. The molecular formula is C12H11NO2. The number of nitrogens with zero attached hydrogens (tertiary/aromatic N) is 1. The van der Waals surface area contributed by atoms with Crippen LogP contribution in [0.5, 0.6) is 0 Å². The third-order valence-corrected chi connectivity index (χ3v) is 2.03. The van der Waals surface area contributed by atoms with Crippen LogP contribution in [0.3, 0.4) is 0 Å². The average Bonchev–Trinajstić information content (AvgIpc) is 2.45. The molecule has 0 aromatic rings. The molecule has 76 valence electrons. The van der Waals surface area contributed by atoms with E-state index in [1.807, 2.05) is 31.2 Å². The first kappa shape index (κ1) is 11.0. The highest BCUT2D eigenvalue weighted by Gasteiger charge is 2.15. The van der Waals surface area contributed by atoms with Crippen LogP contribution in [0.15, 0.2) is 47.1 Å². The molecule has 0 bridgehead atoms. The zero-order chi connectivity index (χ0) is 11.3. The van der Waals surface area contributed by atoms with Crippen molar-refractivity contribution in [3.05, 3.63) is 47.1 Å². The Bertz CT molecular complexity index is 431. The fourth-order valence-corrected chi connectivity index (χ4v) is 1.24. The van der Waals surface area contributed by atoms with Gasteiger partial charge in [-0.25, -0.2) is 4.79 Å². The molecule has 0 N–H and O–H groups in total. The number of rotatable bonds is 1. The van der Waals surface area contributed by atoms with Gasteiger partial charge in [0.2, 0.25) is 0 Å². The third-order valence-electron chi connectivity index (χ3n) is 2.03. The Morgan fingerprint density at radius 3 is 2.73 bits per heavy atom. The number of carbonyl (C=O) groups excluding carboxylic acids is 1. The lowest BCUT2D eigenvalue weighted by atomic mass is 10.0. The van der Waals surface area contributed by atoms with Crippen molar-refractivity contribution in [2.45, 2.75) is 6.92 Å². The number of hydrogen-bond acceptors (Lipinski definition) is 3. The maximum atomic E-state index is 11.3. The Hall–Kier alpha value is -2.08. The zero-order valence-corrected chi connectivity index (χ0v) is 8.65. The SMILES string of the molecule is COC(=O)/C(C#N)=C1/C=CC=CC=C1C. The molecule has 15 heavy (non-hydrogen) atoms. The van der Waals surface area contributed by atoms with Crippen LogP contribution < -0.4 is 0 Å². The Morgan fingerprint density at radius 1 is 1.40 bits per heavy atom. The second kappa shape index (κ2) is 4.97. The Labute approximate surface area is 88.7 Å². The van der Waals surface area contributed by atoms with Crippen molar-refractivity contribution >= 4 is 5.97 Å². The van der Waals surface area contributed by atoms with Gasteiger partial charge in [-0.15, -0.1) is 0 Å². The summed E-state index contributed by atoms with van der Waals surface area (Å²) in [6.45, 7) is 1.84. The molecule has 0 aromatic heterocycles. The lowest BCUT2D eigenvalue weighted by Crippen LogP contribution is -2.06. The van der Waals surface area contributed by atoms with Crippen molar-refractivity contribution in [3.63, 3.8) is 0 Å². The highest BCUT2D eigenvalue weighted by Crippen LogP contribution is 2.19. The number of esters is 1. The van der Waals surface area contributed by atoms with Crippen LogP contribution in [0.1, 0.15) is 6.92 Å². The van der Waals surface area contributed by atoms with E-state index >= 15 is 0 Å². The molecule has 0 unspecified atom stereocenters. The molecule has 0 saturated heterocycles. The summed E-state index contributed by atoms with van der Waals surface area (Å²) in [6, 6.07) is 1.87. The summed E-state index contributed by atoms with van der Waals surface area (Å²) in [5, 5.41) is 8.90. The quantitative estimate of drug-likeness (QED) is 0.370. The summed E-state index contributed by atoms with van der Waals surface area (Å²) >= 11 is 0. The monoisotopic (exact) mass is 201 g/mol. The second-order valence-electron chi connectivity index (χ2n) is 2.99. The lowest BCUT2D eigenvalue weighted by molar-refractivity contribution is -0.135. The Morgan fingerprint density at radius 2 is 2.13 bits per heavy atom. The molecular weight excluding hydrogens is 190 g/mol. The van der Waals surface area contributed by atoms with Gasteiger partial charge in [-0.3, -0.25) is 0 Å². The summed E-state index contributed by atoms with van der Waals surface area (Å²) in [6.07, 6.45) is 9.04. The van der Waals surface area contributed by atoms with E-state index < -0.39 is 5.97 Å². The van der Waals surface area contributed by atoms with Gasteiger partial charge in [0, 0.05) is 5.57 Å². The number of ether oxygens (including phenoxy) is 1. The summed E-state index contributed by atoms with van der Waals surface area (Å²) in [7, 11) is 1.26. The number of allylic oxidation sites excluding steroid dienone is 7. The van der Waals surface area contributed by atoms with E-state index in [0.717, 1.165) is 5.57 Å². The van der Waals surface area contributed by atoms with E-state index in [9.17, 15) is 4.79 Å². The van der Waals surface area contributed by atoms with Crippen molar-refractivity contribution in [2.75, 3.05) is 7.11 Å². The van der Waals surface area contributed by atoms with E-state index in [0.29, 0.717) is 5.57 Å². The predicted octanol–water partition coefficient (Wildman–Crippen LogP) is 2.05. The molecule has 3 heteroatoms. The average molecular weight is 201 g/mol. The van der Waals surface area contributed by atoms with Gasteiger partial charge >= 0.3 is 5.97 Å². The summed E-state index contributed by atoms with van der Waals surface area (Å²) in [5.41, 5.74) is 1.50. The van der Waals surface area contributed by atoms with Gasteiger partial charge in [0.15, 0.2) is 0 Å². The zero-order valence-electron chi connectivity index (χ0n) is 8.65. The molecule has 0 atom stereocenters. The summed E-state index contributed by atoms with van der Waals surface area (Å²) in [4.78, 5) is 11.3. The molecule has 3 nitrogen and oxygen atoms in total. The first-order chi connectivity index (χ1) is 7.20. The Kier molecular flexibility index (Phi) is 3.64. The van der Waals surface area contributed by atoms with Gasteiger partial charge in [0.05, 0.1) is 7.11 Å². The second-order valence-corrected chi connectivity index (χ2v) is 2.99. The van der Waals surface area contributed by atoms with Crippen LogP contribution in [-0.2, 0) is 9.53 Å². The minimum absolute atomic E-state index is 0.0335. The number of methoxy groups -OCH3 is 1. The van der Waals surface area contributed by atoms with E-state index in [2.05, 4.69) is 4.74 Å². The standard InChI is InChI=1S/C12H11NO2/c1-9-6-4-3-5-7-10(9)11(8-13)12(14)15-2/h3-7H,1-2H3/b11-10-. The molecule has 1 aliphatic rings. The predicted molar refractivity (Wildman–Crippen MR) is 56.7 cm³/mol. The largest absolute Gasteiger partial charge is 0.465 e. The molecule has 1 rings (SSSR count). The molecule has 1 aliphatic carbocycles. The summed E-state index contributed by atoms with van der Waals surface area (Å²) < 4.78 is 4.54.